The van der Waals surface area contributed by atoms with Crippen LogP contribution in [0.2, 0.25) is 0 Å². The summed E-state index contributed by atoms with van der Waals surface area (Å²) >= 11 is 0. The summed E-state index contributed by atoms with van der Waals surface area (Å²) in [5.74, 6) is -0.400. The highest BCUT2D eigenvalue weighted by Gasteiger charge is 2.03. The highest BCUT2D eigenvalue weighted by Crippen LogP contribution is 2.07. The summed E-state index contributed by atoms with van der Waals surface area (Å²) in [5, 5.41) is 11.1. The molecule has 0 radical (unpaired) electrons. The van der Waals surface area contributed by atoms with Gasteiger partial charge in [-0.05, 0) is 18.6 Å². The number of carboxylic acids is 1. The fourth-order valence-electron chi connectivity index (χ4n) is 1.55. The molecule has 2 N–H and O–H groups in total. The van der Waals surface area contributed by atoms with Gasteiger partial charge in [-0.15, -0.1) is 0 Å². The van der Waals surface area contributed by atoms with E-state index in [1.54, 1.807) is 0 Å². The maximum absolute atomic E-state index is 11.2. The Kier molecular flexibility index (Phi) is 8.63. The minimum absolute atomic E-state index is 0.0150. The lowest BCUT2D eigenvalue weighted by atomic mass is 10.3. The number of hydrogen-bond donors (Lipinski definition) is 2. The average Bonchev–Trinajstić information content (AvgIpc) is 2.49. The fourth-order valence-corrected chi connectivity index (χ4v) is 1.55. The van der Waals surface area contributed by atoms with E-state index in [9.17, 15) is 9.59 Å². The summed E-state index contributed by atoms with van der Waals surface area (Å²) < 4.78 is 10.8. The molecule has 1 rings (SSSR count). The Morgan fingerprint density at radius 1 is 1.05 bits per heavy atom. The number of nitrogens with one attached hydrogen (secondary N) is 1. The predicted octanol–water partition coefficient (Wildman–Crippen LogP) is 1.45. The van der Waals surface area contributed by atoms with Crippen molar-refractivity contribution in [1.29, 1.82) is 0 Å². The molecule has 0 aliphatic heterocycles. The summed E-state index contributed by atoms with van der Waals surface area (Å²) in [4.78, 5) is 21.5. The van der Waals surface area contributed by atoms with Crippen molar-refractivity contribution in [2.75, 3.05) is 26.4 Å². The molecule has 0 fully saturated rings. The lowest BCUT2D eigenvalue weighted by Gasteiger charge is -2.07. The quantitative estimate of drug-likeness (QED) is 0.604. The lowest BCUT2D eigenvalue weighted by molar-refractivity contribution is -0.138. The average molecular weight is 295 g/mol. The molecule has 6 nitrogen and oxygen atoms in total. The number of hydrogen-bond acceptors (Lipinski definition) is 4. The van der Waals surface area contributed by atoms with Crippen LogP contribution in [0, 0.1) is 0 Å². The first kappa shape index (κ1) is 17.0. The van der Waals surface area contributed by atoms with Crippen molar-refractivity contribution in [2.24, 2.45) is 0 Å². The van der Waals surface area contributed by atoms with Gasteiger partial charge in [-0.25, -0.2) is 0 Å². The zero-order valence-corrected chi connectivity index (χ0v) is 11.9. The van der Waals surface area contributed by atoms with E-state index in [1.165, 1.54) is 0 Å². The molecule has 0 atom stereocenters. The number of benzene rings is 1. The molecule has 0 aromatic heterocycles. The normalized spacial score (nSPS) is 10.1. The SMILES string of the molecule is O=C(O)CCC(=O)NCCCOCCOc1ccccc1. The van der Waals surface area contributed by atoms with Crippen LogP contribution in [0.1, 0.15) is 19.3 Å². The van der Waals surface area contributed by atoms with Crippen molar-refractivity contribution in [2.45, 2.75) is 19.3 Å². The van der Waals surface area contributed by atoms with E-state index in [-0.39, 0.29) is 18.7 Å². The first-order chi connectivity index (χ1) is 10.2. The summed E-state index contributed by atoms with van der Waals surface area (Å²) in [7, 11) is 0. The van der Waals surface area contributed by atoms with E-state index in [0.717, 1.165) is 5.75 Å². The Morgan fingerprint density at radius 2 is 1.81 bits per heavy atom. The summed E-state index contributed by atoms with van der Waals surface area (Å²) in [6.45, 7) is 1.98. The first-order valence-electron chi connectivity index (χ1n) is 6.92. The Morgan fingerprint density at radius 3 is 2.52 bits per heavy atom. The molecule has 0 saturated carbocycles. The maximum Gasteiger partial charge on any atom is 0.303 e. The van der Waals surface area contributed by atoms with Crippen LogP contribution in [0.5, 0.6) is 5.75 Å². The highest BCUT2D eigenvalue weighted by atomic mass is 16.5. The van der Waals surface area contributed by atoms with E-state index in [0.29, 0.717) is 32.8 Å². The molecule has 0 heterocycles. The van der Waals surface area contributed by atoms with Gasteiger partial charge in [0.05, 0.1) is 13.0 Å². The molecule has 6 heteroatoms. The maximum atomic E-state index is 11.2. The number of carboxylic acid groups (broad SMARTS) is 1. The summed E-state index contributed by atoms with van der Waals surface area (Å²) in [5.41, 5.74) is 0. The smallest absolute Gasteiger partial charge is 0.303 e. The second-order valence-corrected chi connectivity index (χ2v) is 4.37. The third-order valence-corrected chi connectivity index (χ3v) is 2.59. The van der Waals surface area contributed by atoms with Crippen molar-refractivity contribution >= 4 is 11.9 Å². The number of carbonyl (C=O) groups excluding carboxylic acids is 1. The van der Waals surface area contributed by atoms with Crippen LogP contribution in [-0.4, -0.2) is 43.3 Å². The topological polar surface area (TPSA) is 84.9 Å². The molecule has 21 heavy (non-hydrogen) atoms. The van der Waals surface area contributed by atoms with Gasteiger partial charge in [0.2, 0.25) is 5.91 Å². The molecule has 0 bridgehead atoms. The number of rotatable bonds is 11. The molecule has 0 aliphatic carbocycles. The predicted molar refractivity (Wildman–Crippen MR) is 77.3 cm³/mol. The van der Waals surface area contributed by atoms with Gasteiger partial charge in [0.1, 0.15) is 12.4 Å². The summed E-state index contributed by atoms with van der Waals surface area (Å²) in [6.07, 6.45) is 0.560. The molecule has 0 saturated heterocycles. The van der Waals surface area contributed by atoms with Crippen LogP contribution in [0.15, 0.2) is 30.3 Å². The Balaban J connectivity index is 1.88. The van der Waals surface area contributed by atoms with Gasteiger partial charge in [0, 0.05) is 19.6 Å². The number of aliphatic carboxylic acids is 1. The monoisotopic (exact) mass is 295 g/mol. The second-order valence-electron chi connectivity index (χ2n) is 4.37. The molecule has 0 aliphatic rings. The zero-order chi connectivity index (χ0) is 15.3. The van der Waals surface area contributed by atoms with Gasteiger partial charge in [-0.1, -0.05) is 18.2 Å². The van der Waals surface area contributed by atoms with Crippen molar-refractivity contribution in [3.8, 4) is 5.75 Å². The third-order valence-electron chi connectivity index (χ3n) is 2.59. The molecule has 0 unspecified atom stereocenters. The molecule has 0 spiro atoms. The first-order valence-corrected chi connectivity index (χ1v) is 6.92. The van der Waals surface area contributed by atoms with Crippen molar-refractivity contribution in [3.63, 3.8) is 0 Å². The van der Waals surface area contributed by atoms with Crippen molar-refractivity contribution in [1.82, 2.24) is 5.32 Å². The van der Waals surface area contributed by atoms with E-state index in [1.807, 2.05) is 30.3 Å². The van der Waals surface area contributed by atoms with Crippen LogP contribution >= 0.6 is 0 Å². The number of ether oxygens (including phenoxy) is 2. The van der Waals surface area contributed by atoms with Crippen molar-refractivity contribution < 1.29 is 24.2 Å². The van der Waals surface area contributed by atoms with Gasteiger partial charge in [-0.3, -0.25) is 9.59 Å². The molecule has 116 valence electrons. The second kappa shape index (κ2) is 10.7. The third kappa shape index (κ3) is 9.45. The highest BCUT2D eigenvalue weighted by molar-refractivity contribution is 5.80. The molecule has 1 amide bonds. The van der Waals surface area contributed by atoms with Gasteiger partial charge in [0.15, 0.2) is 0 Å². The number of amides is 1. The van der Waals surface area contributed by atoms with Crippen LogP contribution in [-0.2, 0) is 14.3 Å². The number of carbonyl (C=O) groups is 2. The fraction of sp³-hybridized carbons (Fsp3) is 0.467. The Labute approximate surface area is 124 Å². The van der Waals surface area contributed by atoms with E-state index >= 15 is 0 Å². The minimum atomic E-state index is -0.966. The van der Waals surface area contributed by atoms with Gasteiger partial charge in [-0.2, -0.15) is 0 Å². The van der Waals surface area contributed by atoms with Gasteiger partial charge >= 0.3 is 5.97 Å². The Hall–Kier alpha value is -2.08. The van der Waals surface area contributed by atoms with E-state index < -0.39 is 5.97 Å². The number of para-hydroxylation sites is 1. The van der Waals surface area contributed by atoms with Crippen LogP contribution in [0.4, 0.5) is 0 Å². The molecular weight excluding hydrogens is 274 g/mol. The van der Waals surface area contributed by atoms with E-state index in [4.69, 9.17) is 14.6 Å². The van der Waals surface area contributed by atoms with Gasteiger partial charge in [0.25, 0.3) is 0 Å². The molecular formula is C15H21NO5. The largest absolute Gasteiger partial charge is 0.491 e. The minimum Gasteiger partial charge on any atom is -0.491 e. The van der Waals surface area contributed by atoms with Crippen LogP contribution in [0.3, 0.4) is 0 Å². The lowest BCUT2D eigenvalue weighted by Crippen LogP contribution is -2.25. The molecule has 1 aromatic rings. The summed E-state index contributed by atoms with van der Waals surface area (Å²) in [6, 6.07) is 9.50. The van der Waals surface area contributed by atoms with Gasteiger partial charge < -0.3 is 19.9 Å². The van der Waals surface area contributed by atoms with Crippen LogP contribution in [0.25, 0.3) is 0 Å². The van der Waals surface area contributed by atoms with Crippen LogP contribution < -0.4 is 10.1 Å². The Bertz CT molecular complexity index is 421. The van der Waals surface area contributed by atoms with E-state index in [2.05, 4.69) is 5.32 Å². The molecule has 1 aromatic carbocycles. The zero-order valence-electron chi connectivity index (χ0n) is 11.9. The standard InChI is InChI=1S/C15H21NO5/c17-14(7-8-15(18)19)16-9-4-10-20-11-12-21-13-5-2-1-3-6-13/h1-3,5-6H,4,7-12H2,(H,16,17)(H,18,19). The van der Waals surface area contributed by atoms with Crippen molar-refractivity contribution in [3.05, 3.63) is 30.3 Å².